The number of methoxy groups -OCH3 is 2. The Hall–Kier alpha value is -5.51. The quantitative estimate of drug-likeness (QED) is 0.0944. The van der Waals surface area contributed by atoms with E-state index in [0.717, 1.165) is 62.4 Å². The van der Waals surface area contributed by atoms with Crippen molar-refractivity contribution in [3.05, 3.63) is 70.5 Å². The number of amides is 3. The predicted octanol–water partition coefficient (Wildman–Crippen LogP) is 6.43. The molecule has 4 aromatic rings. The highest BCUT2D eigenvalue weighted by atomic mass is 32.1. The summed E-state index contributed by atoms with van der Waals surface area (Å²) in [6.45, 7) is 12.9. The first-order chi connectivity index (χ1) is 27.0. The number of carbonyl (C=O) groups excluding carboxylic acids is 3. The zero-order valence-electron chi connectivity index (χ0n) is 32.5. The van der Waals surface area contributed by atoms with Gasteiger partial charge in [-0.15, -0.1) is 22.7 Å². The van der Waals surface area contributed by atoms with E-state index in [-0.39, 0.29) is 35.7 Å². The lowest BCUT2D eigenvalue weighted by Gasteiger charge is -2.30. The summed E-state index contributed by atoms with van der Waals surface area (Å²) in [5.41, 5.74) is 1.73. The number of rotatable bonds is 12. The van der Waals surface area contributed by atoms with Gasteiger partial charge in [-0.1, -0.05) is 27.7 Å². The summed E-state index contributed by atoms with van der Waals surface area (Å²) in [7, 11) is 2.82. The summed E-state index contributed by atoms with van der Waals surface area (Å²) in [6.07, 6.45) is 6.34. The summed E-state index contributed by atoms with van der Waals surface area (Å²) in [6, 6.07) is 6.47. The highest BCUT2D eigenvalue weighted by Gasteiger charge is 2.38. The number of nitrogens with zero attached hydrogens (tertiary/aromatic N) is 4. The van der Waals surface area contributed by atoms with Gasteiger partial charge in [0.05, 0.1) is 69.6 Å². The van der Waals surface area contributed by atoms with Gasteiger partial charge in [0.25, 0.3) is 0 Å². The molecule has 2 fully saturated rings. The van der Waals surface area contributed by atoms with Crippen LogP contribution >= 0.6 is 22.7 Å². The Bertz CT molecular complexity index is 2020. The van der Waals surface area contributed by atoms with Gasteiger partial charge in [-0.25, -0.2) is 14.8 Å². The first kappa shape index (κ1) is 40.2. The lowest BCUT2D eigenvalue weighted by atomic mass is 10.0. The third kappa shape index (κ3) is 9.12. The van der Waals surface area contributed by atoms with Crippen LogP contribution in [0.5, 0.6) is 0 Å². The van der Waals surface area contributed by atoms with Gasteiger partial charge in [-0.2, -0.15) is 0 Å². The zero-order chi connectivity index (χ0) is 39.9. The van der Waals surface area contributed by atoms with E-state index in [2.05, 4.69) is 60.8 Å². The summed E-state index contributed by atoms with van der Waals surface area (Å²) in [5, 5.41) is 5.81. The van der Waals surface area contributed by atoms with Crippen LogP contribution in [0.15, 0.2) is 49.1 Å². The van der Waals surface area contributed by atoms with Crippen molar-refractivity contribution >= 4 is 40.6 Å². The van der Waals surface area contributed by atoms with Gasteiger partial charge in [0.1, 0.15) is 23.7 Å². The van der Waals surface area contributed by atoms with Gasteiger partial charge >= 0.3 is 6.09 Å². The van der Waals surface area contributed by atoms with E-state index in [4.69, 9.17) is 9.47 Å². The van der Waals surface area contributed by atoms with Crippen molar-refractivity contribution in [1.29, 1.82) is 0 Å². The van der Waals surface area contributed by atoms with Gasteiger partial charge in [0, 0.05) is 13.1 Å². The number of H-pyrrole nitrogens is 2. The smallest absolute Gasteiger partial charge is 0.407 e. The third-order valence-electron chi connectivity index (χ3n) is 9.96. The lowest BCUT2D eigenvalue weighted by Crippen LogP contribution is -2.51. The molecule has 13 nitrogen and oxygen atoms in total. The molecule has 3 amide bonds. The van der Waals surface area contributed by atoms with Crippen LogP contribution < -0.4 is 10.6 Å². The van der Waals surface area contributed by atoms with Gasteiger partial charge < -0.3 is 39.9 Å². The predicted molar refractivity (Wildman–Crippen MR) is 217 cm³/mol. The number of ether oxygens (including phenoxy) is 2. The molecule has 6 rings (SSSR count). The summed E-state index contributed by atoms with van der Waals surface area (Å²) in [5.74, 6) is 13.9. The van der Waals surface area contributed by atoms with Crippen LogP contribution in [0.4, 0.5) is 4.79 Å². The molecular formula is C41H48N8O5S2. The molecule has 0 bridgehead atoms. The summed E-state index contributed by atoms with van der Waals surface area (Å²) < 4.78 is 9.93. The number of carbonyl (C=O) groups is 3. The molecular weight excluding hydrogens is 749 g/mol. The van der Waals surface area contributed by atoms with E-state index in [1.807, 2.05) is 63.1 Å². The Kier molecular flexibility index (Phi) is 12.9. The van der Waals surface area contributed by atoms with Gasteiger partial charge in [-0.05, 0) is 92.0 Å². The Morgan fingerprint density at radius 1 is 0.768 bits per heavy atom. The van der Waals surface area contributed by atoms with Crippen molar-refractivity contribution in [2.24, 2.45) is 11.8 Å². The lowest BCUT2D eigenvalue weighted by molar-refractivity contribution is -0.136. The summed E-state index contributed by atoms with van der Waals surface area (Å²) in [4.78, 5) is 62.6. The molecule has 4 aromatic heterocycles. The van der Waals surface area contributed by atoms with Crippen LogP contribution in [-0.4, -0.2) is 87.0 Å². The van der Waals surface area contributed by atoms with Crippen molar-refractivity contribution < 1.29 is 23.9 Å². The molecule has 15 heteroatoms. The molecule has 4 N–H and O–H groups in total. The van der Waals surface area contributed by atoms with Crippen molar-refractivity contribution in [1.82, 2.24) is 40.4 Å². The second-order valence-electron chi connectivity index (χ2n) is 14.4. The van der Waals surface area contributed by atoms with Crippen LogP contribution in [-0.2, 0) is 19.1 Å². The van der Waals surface area contributed by atoms with Crippen LogP contribution in [0, 0.1) is 35.5 Å². The van der Waals surface area contributed by atoms with E-state index < -0.39 is 18.2 Å². The second kappa shape index (κ2) is 18.0. The van der Waals surface area contributed by atoms with Gasteiger partial charge in [-0.3, -0.25) is 9.59 Å². The van der Waals surface area contributed by atoms with Crippen molar-refractivity contribution in [2.45, 2.75) is 77.5 Å². The topological polar surface area (TPSA) is 158 Å². The van der Waals surface area contributed by atoms with E-state index in [1.165, 1.54) is 25.6 Å². The van der Waals surface area contributed by atoms with Crippen molar-refractivity contribution in [3.63, 3.8) is 0 Å². The molecule has 56 heavy (non-hydrogen) atoms. The standard InChI is InChI=1S/C41H48N8O5S2/c1-24(2)35(44-26(5)53-6)39(50)48-20-10-14-31(48)37-42-22-29(45-37)33-18-16-27(55-33)12-8-9-13-28-17-19-34(56-28)30-23-43-38(46-30)32-15-11-21-49(32)40(51)36(25(3)4)47-41(52)54-7/h16-19,22-25,31-32,35-36,44H,5,10-11,14-15,20-21H2,1-4,6-7H3,(H,42,45)(H,43,46)(H,47,52)/t31-,32-,35-,36-/m0/s1. The number of hydrogen-bond donors (Lipinski definition) is 4. The molecule has 2 saturated heterocycles. The first-order valence-corrected chi connectivity index (χ1v) is 20.4. The fourth-order valence-corrected chi connectivity index (χ4v) is 8.63. The largest absolute Gasteiger partial charge is 0.483 e. The Morgan fingerprint density at radius 2 is 1.23 bits per heavy atom. The molecule has 0 unspecified atom stereocenters. The minimum absolute atomic E-state index is 0.0107. The minimum atomic E-state index is -0.687. The van der Waals surface area contributed by atoms with E-state index in [1.54, 1.807) is 22.4 Å². The fourth-order valence-electron chi connectivity index (χ4n) is 6.98. The minimum Gasteiger partial charge on any atom is -0.483 e. The number of alkyl carbamates (subject to hydrolysis) is 1. The van der Waals surface area contributed by atoms with Crippen molar-refractivity contribution in [3.8, 4) is 44.8 Å². The van der Waals surface area contributed by atoms with E-state index in [0.29, 0.717) is 24.8 Å². The van der Waals surface area contributed by atoms with Gasteiger partial charge in [0.2, 0.25) is 11.8 Å². The number of aromatic amines is 2. The molecule has 2 aliphatic rings. The Morgan fingerprint density at radius 3 is 1.66 bits per heavy atom. The molecule has 0 spiro atoms. The highest BCUT2D eigenvalue weighted by Crippen LogP contribution is 2.36. The molecule has 0 aliphatic carbocycles. The number of hydrogen-bond acceptors (Lipinski definition) is 10. The normalized spacial score (nSPS) is 17.5. The van der Waals surface area contributed by atoms with Crippen molar-refractivity contribution in [2.75, 3.05) is 27.3 Å². The van der Waals surface area contributed by atoms with E-state index >= 15 is 0 Å². The number of likely N-dealkylation sites (tertiary alicyclic amines) is 2. The molecule has 6 heterocycles. The average Bonchev–Trinajstić information content (AvgIpc) is 4.02. The van der Waals surface area contributed by atoms with E-state index in [9.17, 15) is 14.4 Å². The van der Waals surface area contributed by atoms with Crippen LogP contribution in [0.25, 0.3) is 21.1 Å². The molecule has 4 atom stereocenters. The molecule has 0 saturated carbocycles. The molecule has 0 radical (unpaired) electrons. The number of imidazole rings is 2. The van der Waals surface area contributed by atoms with Gasteiger partial charge in [0.15, 0.2) is 5.88 Å². The first-order valence-electron chi connectivity index (χ1n) is 18.7. The maximum atomic E-state index is 13.6. The van der Waals surface area contributed by atoms with Crippen LogP contribution in [0.2, 0.25) is 0 Å². The molecule has 0 aromatic carbocycles. The SMILES string of the molecule is C=C(N[C@H](C(=O)N1CCC[C@H]1c1ncc(-c2ccc(C#CC#Cc3ccc(-c4cnc([C@@H]5CCCN5C(=O)[C@@H](NC(=O)OC)C(C)C)[nH]4)s3)s2)[nH]1)C(C)C)OC. The number of aromatic nitrogens is 4. The monoisotopic (exact) mass is 796 g/mol. The number of thiophene rings is 2. The maximum absolute atomic E-state index is 13.6. The van der Waals surface area contributed by atoms with Crippen LogP contribution in [0.3, 0.4) is 0 Å². The number of nitrogens with one attached hydrogen (secondary N) is 4. The second-order valence-corrected chi connectivity index (χ2v) is 16.6. The molecule has 294 valence electrons. The Balaban J connectivity index is 1.07. The van der Waals surface area contributed by atoms with Crippen LogP contribution in [0.1, 0.15) is 86.9 Å². The average molecular weight is 797 g/mol. The zero-order valence-corrected chi connectivity index (χ0v) is 34.2. The molecule has 2 aliphatic heterocycles. The summed E-state index contributed by atoms with van der Waals surface area (Å²) >= 11 is 3.09. The fraction of sp³-hybridized carbons (Fsp3) is 0.439. The highest BCUT2D eigenvalue weighted by molar-refractivity contribution is 7.16. The maximum Gasteiger partial charge on any atom is 0.407 e. The third-order valence-corrected chi connectivity index (χ3v) is 12.0. The Labute approximate surface area is 335 Å².